The Morgan fingerprint density at radius 1 is 1.08 bits per heavy atom. The molecule has 2 heterocycles. The van der Waals surface area contributed by atoms with E-state index in [-0.39, 0.29) is 23.6 Å². The molecule has 0 saturated carbocycles. The van der Waals surface area contributed by atoms with Crippen molar-refractivity contribution in [1.29, 1.82) is 0 Å². The molecule has 136 valence electrons. The molecule has 7 nitrogen and oxygen atoms in total. The molecule has 8 heteroatoms. The maximum Gasteiger partial charge on any atom is 0.344 e. The highest BCUT2D eigenvalue weighted by molar-refractivity contribution is 6.20. The van der Waals surface area contributed by atoms with E-state index in [1.165, 1.54) is 0 Å². The number of halogens is 1. The number of esters is 1. The normalized spacial score (nSPS) is 12.6. The first kappa shape index (κ1) is 19.7. The lowest BCUT2D eigenvalue weighted by Crippen LogP contribution is -3.00. The second kappa shape index (κ2) is 8.68. The summed E-state index contributed by atoms with van der Waals surface area (Å²) in [6, 6.07) is 9.95. The lowest BCUT2D eigenvalue weighted by atomic mass is 10.1. The lowest BCUT2D eigenvalue weighted by Gasteiger charge is -2.11. The quantitative estimate of drug-likeness (QED) is 0.319. The van der Waals surface area contributed by atoms with Gasteiger partial charge in [-0.2, -0.15) is 0 Å². The van der Waals surface area contributed by atoms with Crippen LogP contribution >= 0.6 is 0 Å². The number of hydrogen-bond donors (Lipinski definition) is 0. The van der Waals surface area contributed by atoms with Crippen LogP contribution in [0.15, 0.2) is 48.8 Å². The van der Waals surface area contributed by atoms with Crippen LogP contribution in [0.1, 0.15) is 38.0 Å². The van der Waals surface area contributed by atoms with Crippen LogP contribution in [0.25, 0.3) is 0 Å². The molecular formula is C18H17BrN2O5. The van der Waals surface area contributed by atoms with Crippen molar-refractivity contribution in [2.24, 2.45) is 0 Å². The first-order valence-corrected chi connectivity index (χ1v) is 7.88. The van der Waals surface area contributed by atoms with Gasteiger partial charge >= 0.3 is 5.97 Å². The van der Waals surface area contributed by atoms with Gasteiger partial charge < -0.3 is 21.7 Å². The van der Waals surface area contributed by atoms with Gasteiger partial charge in [-0.15, -0.1) is 5.06 Å². The number of carbonyl (C=O) groups excluding carboxylic acids is 3. The molecule has 26 heavy (non-hydrogen) atoms. The highest BCUT2D eigenvalue weighted by atomic mass is 79.9. The second-order valence-electron chi connectivity index (χ2n) is 5.33. The maximum absolute atomic E-state index is 12.2. The van der Waals surface area contributed by atoms with Crippen molar-refractivity contribution >= 4 is 17.8 Å². The fourth-order valence-corrected chi connectivity index (χ4v) is 2.52. The maximum atomic E-state index is 12.2. The number of carbonyl (C=O) groups is 3. The Labute approximate surface area is 160 Å². The van der Waals surface area contributed by atoms with E-state index in [0.29, 0.717) is 29.8 Å². The first-order valence-electron chi connectivity index (χ1n) is 7.88. The largest absolute Gasteiger partial charge is 1.00 e. The average molecular weight is 421 g/mol. The Bertz CT molecular complexity index is 805. The Balaban J connectivity index is 0.00000243. The zero-order valence-electron chi connectivity index (χ0n) is 14.1. The van der Waals surface area contributed by atoms with Crippen molar-refractivity contribution in [1.82, 2.24) is 5.06 Å². The minimum Gasteiger partial charge on any atom is -1.00 e. The van der Waals surface area contributed by atoms with Gasteiger partial charge in [-0.3, -0.25) is 14.4 Å². The van der Waals surface area contributed by atoms with Gasteiger partial charge in [-0.1, -0.05) is 12.1 Å². The summed E-state index contributed by atoms with van der Waals surface area (Å²) in [5, 5.41) is 0.778. The van der Waals surface area contributed by atoms with Crippen LogP contribution in [-0.4, -0.2) is 36.1 Å². The topological polar surface area (TPSA) is 76.8 Å². The van der Waals surface area contributed by atoms with Crippen LogP contribution in [-0.2, 0) is 16.1 Å². The van der Waals surface area contributed by atoms with Crippen molar-refractivity contribution in [3.63, 3.8) is 0 Å². The number of ether oxygens (including phenoxy) is 1. The summed E-state index contributed by atoms with van der Waals surface area (Å²) in [6.07, 6.45) is 3.39. The van der Waals surface area contributed by atoms with E-state index >= 15 is 0 Å². The molecule has 0 aliphatic carbocycles. The standard InChI is InChI=1S/C18H17N2O5.BrH/c1-2-24-18(23)13-6-5-9-19(12-13)10-11-25-20-16(21)14-7-3-4-8-15(14)17(20)22;/h3-9,12H,2,10-11H2,1H3;1H/q+1;/p-1. The Hall–Kier alpha value is -2.58. The molecule has 2 amide bonds. The van der Waals surface area contributed by atoms with Crippen molar-refractivity contribution in [2.75, 3.05) is 13.2 Å². The van der Waals surface area contributed by atoms with Gasteiger partial charge in [-0.25, -0.2) is 9.36 Å². The molecule has 1 aliphatic heterocycles. The van der Waals surface area contributed by atoms with E-state index in [0.717, 1.165) is 5.06 Å². The number of hydroxylamine groups is 2. The number of pyridine rings is 1. The van der Waals surface area contributed by atoms with E-state index in [4.69, 9.17) is 9.57 Å². The number of hydrogen-bond acceptors (Lipinski definition) is 5. The predicted octanol–water partition coefficient (Wildman–Crippen LogP) is -1.62. The minimum atomic E-state index is -0.467. The number of imide groups is 1. The number of aromatic nitrogens is 1. The summed E-state index contributed by atoms with van der Waals surface area (Å²) >= 11 is 0. The number of benzene rings is 1. The highest BCUT2D eigenvalue weighted by Crippen LogP contribution is 2.22. The number of nitrogens with zero attached hydrogens (tertiary/aromatic N) is 2. The molecule has 3 rings (SSSR count). The Kier molecular flexibility index (Phi) is 6.59. The molecule has 2 aromatic rings. The molecule has 1 aliphatic rings. The van der Waals surface area contributed by atoms with E-state index in [1.54, 1.807) is 60.3 Å². The summed E-state index contributed by atoms with van der Waals surface area (Å²) in [7, 11) is 0. The number of amides is 2. The Morgan fingerprint density at radius 3 is 2.35 bits per heavy atom. The monoisotopic (exact) mass is 420 g/mol. The van der Waals surface area contributed by atoms with E-state index < -0.39 is 17.8 Å². The number of fused-ring (bicyclic) bond motifs is 1. The SMILES string of the molecule is CCOC(=O)c1ccc[n+](CCON2C(=O)c3ccccc3C2=O)c1.[Br-]. The van der Waals surface area contributed by atoms with Crippen molar-refractivity contribution in [2.45, 2.75) is 13.5 Å². The van der Waals surface area contributed by atoms with Gasteiger partial charge in [0.15, 0.2) is 18.9 Å². The zero-order valence-corrected chi connectivity index (χ0v) is 15.6. The molecule has 0 fully saturated rings. The van der Waals surface area contributed by atoms with Crippen molar-refractivity contribution in [3.05, 3.63) is 65.5 Å². The van der Waals surface area contributed by atoms with Crippen LogP contribution in [0.3, 0.4) is 0 Å². The number of rotatable bonds is 6. The third-order valence-corrected chi connectivity index (χ3v) is 3.70. The first-order chi connectivity index (χ1) is 12.1. The van der Waals surface area contributed by atoms with Crippen LogP contribution < -0.4 is 21.5 Å². The highest BCUT2D eigenvalue weighted by Gasteiger charge is 2.36. The fourth-order valence-electron chi connectivity index (χ4n) is 2.52. The predicted molar refractivity (Wildman–Crippen MR) is 85.5 cm³/mol. The van der Waals surface area contributed by atoms with Gasteiger partial charge in [0, 0.05) is 6.07 Å². The average Bonchev–Trinajstić information content (AvgIpc) is 2.87. The molecule has 0 N–H and O–H groups in total. The van der Waals surface area contributed by atoms with Gasteiger partial charge in [0.2, 0.25) is 0 Å². The second-order valence-corrected chi connectivity index (χ2v) is 5.33. The minimum absolute atomic E-state index is 0. The zero-order chi connectivity index (χ0) is 17.8. The smallest absolute Gasteiger partial charge is 0.344 e. The van der Waals surface area contributed by atoms with Gasteiger partial charge in [0.1, 0.15) is 12.2 Å². The van der Waals surface area contributed by atoms with Crippen LogP contribution in [0.5, 0.6) is 0 Å². The third-order valence-electron chi connectivity index (χ3n) is 3.70. The van der Waals surface area contributed by atoms with Crippen LogP contribution in [0.4, 0.5) is 0 Å². The molecular weight excluding hydrogens is 404 g/mol. The molecule has 0 radical (unpaired) electrons. The molecule has 0 spiro atoms. The van der Waals surface area contributed by atoms with Crippen LogP contribution in [0.2, 0.25) is 0 Å². The molecule has 1 aromatic heterocycles. The van der Waals surface area contributed by atoms with Crippen LogP contribution in [0, 0.1) is 0 Å². The molecule has 0 saturated heterocycles. The summed E-state index contributed by atoms with van der Waals surface area (Å²) in [5.74, 6) is -1.34. The third kappa shape index (κ3) is 3.97. The summed E-state index contributed by atoms with van der Waals surface area (Å²) < 4.78 is 6.68. The van der Waals surface area contributed by atoms with Crippen molar-refractivity contribution in [3.8, 4) is 0 Å². The summed E-state index contributed by atoms with van der Waals surface area (Å²) in [5.41, 5.74) is 1.10. The fraction of sp³-hybridized carbons (Fsp3) is 0.222. The summed E-state index contributed by atoms with van der Waals surface area (Å²) in [6.45, 7) is 2.50. The van der Waals surface area contributed by atoms with E-state index in [9.17, 15) is 14.4 Å². The molecule has 0 atom stereocenters. The van der Waals surface area contributed by atoms with Gasteiger partial charge in [-0.05, 0) is 25.1 Å². The Morgan fingerprint density at radius 2 is 1.73 bits per heavy atom. The molecule has 0 bridgehead atoms. The lowest BCUT2D eigenvalue weighted by molar-refractivity contribution is -0.699. The van der Waals surface area contributed by atoms with Gasteiger partial charge in [0.05, 0.1) is 17.7 Å². The van der Waals surface area contributed by atoms with E-state index in [2.05, 4.69) is 0 Å². The van der Waals surface area contributed by atoms with E-state index in [1.807, 2.05) is 0 Å². The molecule has 1 aromatic carbocycles. The molecule has 0 unspecified atom stereocenters. The van der Waals surface area contributed by atoms with Gasteiger partial charge in [0.25, 0.3) is 11.8 Å². The summed E-state index contributed by atoms with van der Waals surface area (Å²) in [4.78, 5) is 41.4. The van der Waals surface area contributed by atoms with Crippen molar-refractivity contribution < 1.29 is 45.5 Å².